The predicted octanol–water partition coefficient (Wildman–Crippen LogP) is 3.53. The number of rotatable bonds is 3. The summed E-state index contributed by atoms with van der Waals surface area (Å²) in [6, 6.07) is 9.95. The first-order chi connectivity index (χ1) is 9.04. The van der Waals surface area contributed by atoms with Crippen LogP contribution in [0.3, 0.4) is 0 Å². The quantitative estimate of drug-likeness (QED) is 0.914. The minimum atomic E-state index is -0.896. The molecule has 0 saturated carbocycles. The van der Waals surface area contributed by atoms with Crippen LogP contribution < -0.4 is 4.74 Å². The third kappa shape index (κ3) is 2.61. The third-order valence-corrected chi connectivity index (χ3v) is 3.30. The molecule has 3 heteroatoms. The van der Waals surface area contributed by atoms with Crippen molar-refractivity contribution in [2.45, 2.75) is 20.0 Å². The first-order valence-corrected chi connectivity index (χ1v) is 6.12. The average Bonchev–Trinajstić information content (AvgIpc) is 2.38. The molecule has 0 amide bonds. The summed E-state index contributed by atoms with van der Waals surface area (Å²) in [5, 5.41) is 10.5. The average molecular weight is 260 g/mol. The Bertz CT molecular complexity index is 573. The molecule has 2 nitrogen and oxygen atoms in total. The largest absolute Gasteiger partial charge is 0.496 e. The van der Waals surface area contributed by atoms with Crippen LogP contribution in [0, 0.1) is 19.7 Å². The Labute approximate surface area is 112 Å². The van der Waals surface area contributed by atoms with Crippen LogP contribution in [0.4, 0.5) is 4.39 Å². The van der Waals surface area contributed by atoms with Crippen molar-refractivity contribution in [3.63, 3.8) is 0 Å². The van der Waals surface area contributed by atoms with Gasteiger partial charge in [-0.1, -0.05) is 18.2 Å². The van der Waals surface area contributed by atoms with Gasteiger partial charge in [0.15, 0.2) is 0 Å². The van der Waals surface area contributed by atoms with E-state index in [4.69, 9.17) is 4.74 Å². The molecule has 2 aromatic rings. The third-order valence-electron chi connectivity index (χ3n) is 3.30. The monoisotopic (exact) mass is 260 g/mol. The van der Waals surface area contributed by atoms with E-state index in [1.807, 2.05) is 32.0 Å². The van der Waals surface area contributed by atoms with Gasteiger partial charge in [-0.05, 0) is 48.7 Å². The Kier molecular flexibility index (Phi) is 3.86. The number of benzene rings is 2. The van der Waals surface area contributed by atoms with E-state index in [0.29, 0.717) is 11.3 Å². The molecular formula is C16H17FO2. The van der Waals surface area contributed by atoms with E-state index in [1.165, 1.54) is 25.3 Å². The van der Waals surface area contributed by atoms with Crippen LogP contribution in [0.1, 0.15) is 28.4 Å². The van der Waals surface area contributed by atoms with E-state index >= 15 is 0 Å². The number of hydrogen-bond donors (Lipinski definition) is 1. The van der Waals surface area contributed by atoms with Crippen molar-refractivity contribution in [1.29, 1.82) is 0 Å². The molecule has 0 spiro atoms. The molecule has 0 fully saturated rings. The zero-order chi connectivity index (χ0) is 14.0. The SMILES string of the molecule is COc1ccc(F)cc1C(O)c1c(C)cccc1C. The molecule has 19 heavy (non-hydrogen) atoms. The molecule has 0 aliphatic rings. The van der Waals surface area contributed by atoms with Crippen molar-refractivity contribution in [2.24, 2.45) is 0 Å². The molecular weight excluding hydrogens is 243 g/mol. The van der Waals surface area contributed by atoms with Gasteiger partial charge in [0, 0.05) is 5.56 Å². The van der Waals surface area contributed by atoms with Gasteiger partial charge in [0.25, 0.3) is 0 Å². The highest BCUT2D eigenvalue weighted by Crippen LogP contribution is 2.33. The summed E-state index contributed by atoms with van der Waals surface area (Å²) in [4.78, 5) is 0. The molecule has 0 aliphatic carbocycles. The highest BCUT2D eigenvalue weighted by atomic mass is 19.1. The van der Waals surface area contributed by atoms with Crippen LogP contribution in [0.15, 0.2) is 36.4 Å². The first-order valence-electron chi connectivity index (χ1n) is 6.12. The smallest absolute Gasteiger partial charge is 0.125 e. The van der Waals surface area contributed by atoms with E-state index < -0.39 is 6.10 Å². The van der Waals surface area contributed by atoms with Crippen molar-refractivity contribution in [2.75, 3.05) is 7.11 Å². The van der Waals surface area contributed by atoms with Crippen molar-refractivity contribution < 1.29 is 14.2 Å². The Hall–Kier alpha value is -1.87. The van der Waals surface area contributed by atoms with Gasteiger partial charge in [0.1, 0.15) is 17.7 Å². The van der Waals surface area contributed by atoms with Gasteiger partial charge in [0.2, 0.25) is 0 Å². The Morgan fingerprint density at radius 2 is 1.74 bits per heavy atom. The minimum Gasteiger partial charge on any atom is -0.496 e. The van der Waals surface area contributed by atoms with E-state index in [9.17, 15) is 9.50 Å². The number of aryl methyl sites for hydroxylation is 2. The van der Waals surface area contributed by atoms with Crippen LogP contribution >= 0.6 is 0 Å². The predicted molar refractivity (Wildman–Crippen MR) is 72.9 cm³/mol. The molecule has 0 aromatic heterocycles. The lowest BCUT2D eigenvalue weighted by molar-refractivity contribution is 0.212. The summed E-state index contributed by atoms with van der Waals surface area (Å²) < 4.78 is 18.6. The van der Waals surface area contributed by atoms with Crippen molar-refractivity contribution in [3.8, 4) is 5.75 Å². The Balaban J connectivity index is 2.55. The van der Waals surface area contributed by atoms with Gasteiger partial charge in [-0.15, -0.1) is 0 Å². The minimum absolute atomic E-state index is 0.388. The molecule has 0 bridgehead atoms. The van der Waals surface area contributed by atoms with Crippen LogP contribution in [0.5, 0.6) is 5.75 Å². The van der Waals surface area contributed by atoms with Crippen LogP contribution in [0.2, 0.25) is 0 Å². The standard InChI is InChI=1S/C16H17FO2/c1-10-5-4-6-11(2)15(10)16(18)13-9-12(17)7-8-14(13)19-3/h4-9,16,18H,1-3H3. The van der Waals surface area contributed by atoms with E-state index in [-0.39, 0.29) is 5.82 Å². The summed E-state index contributed by atoms with van der Waals surface area (Å²) in [5.74, 6) is 0.0950. The number of aliphatic hydroxyl groups excluding tert-OH is 1. The van der Waals surface area contributed by atoms with Crippen molar-refractivity contribution >= 4 is 0 Å². The maximum Gasteiger partial charge on any atom is 0.125 e. The number of methoxy groups -OCH3 is 1. The van der Waals surface area contributed by atoms with E-state index in [0.717, 1.165) is 16.7 Å². The topological polar surface area (TPSA) is 29.5 Å². The first kappa shape index (κ1) is 13.6. The summed E-state index contributed by atoms with van der Waals surface area (Å²) in [7, 11) is 1.51. The van der Waals surface area contributed by atoms with Gasteiger partial charge in [-0.3, -0.25) is 0 Å². The van der Waals surface area contributed by atoms with Gasteiger partial charge in [-0.2, -0.15) is 0 Å². The molecule has 1 atom stereocenters. The summed E-state index contributed by atoms with van der Waals surface area (Å²) in [6.45, 7) is 3.86. The van der Waals surface area contributed by atoms with Gasteiger partial charge in [0.05, 0.1) is 7.11 Å². The molecule has 1 unspecified atom stereocenters. The molecule has 0 radical (unpaired) electrons. The molecule has 1 N–H and O–H groups in total. The number of ether oxygens (including phenoxy) is 1. The number of aliphatic hydroxyl groups is 1. The fourth-order valence-corrected chi connectivity index (χ4v) is 2.33. The lowest BCUT2D eigenvalue weighted by Gasteiger charge is -2.19. The Morgan fingerprint density at radius 3 is 2.32 bits per heavy atom. The molecule has 0 aliphatic heterocycles. The van der Waals surface area contributed by atoms with Gasteiger partial charge >= 0.3 is 0 Å². The zero-order valence-electron chi connectivity index (χ0n) is 11.3. The molecule has 0 saturated heterocycles. The summed E-state index contributed by atoms with van der Waals surface area (Å²) in [6.07, 6.45) is -0.896. The summed E-state index contributed by atoms with van der Waals surface area (Å²) >= 11 is 0. The Morgan fingerprint density at radius 1 is 1.11 bits per heavy atom. The van der Waals surface area contributed by atoms with Crippen molar-refractivity contribution in [3.05, 3.63) is 64.5 Å². The number of halogens is 1. The number of hydrogen-bond acceptors (Lipinski definition) is 2. The molecule has 0 heterocycles. The summed E-state index contributed by atoms with van der Waals surface area (Å²) in [5.41, 5.74) is 3.18. The fourth-order valence-electron chi connectivity index (χ4n) is 2.33. The second-order valence-electron chi connectivity index (χ2n) is 4.59. The van der Waals surface area contributed by atoms with Crippen LogP contribution in [-0.4, -0.2) is 12.2 Å². The second kappa shape index (κ2) is 5.41. The molecule has 2 aromatic carbocycles. The van der Waals surface area contributed by atoms with Crippen LogP contribution in [0.25, 0.3) is 0 Å². The maximum absolute atomic E-state index is 13.4. The molecule has 100 valence electrons. The highest BCUT2D eigenvalue weighted by molar-refractivity contribution is 5.45. The van der Waals surface area contributed by atoms with E-state index in [1.54, 1.807) is 0 Å². The highest BCUT2D eigenvalue weighted by Gasteiger charge is 2.19. The van der Waals surface area contributed by atoms with Gasteiger partial charge in [-0.25, -0.2) is 4.39 Å². The fraction of sp³-hybridized carbons (Fsp3) is 0.250. The van der Waals surface area contributed by atoms with Gasteiger partial charge < -0.3 is 9.84 Å². The maximum atomic E-state index is 13.4. The zero-order valence-corrected chi connectivity index (χ0v) is 11.3. The second-order valence-corrected chi connectivity index (χ2v) is 4.59. The normalized spacial score (nSPS) is 12.3. The molecule has 2 rings (SSSR count). The lowest BCUT2D eigenvalue weighted by Crippen LogP contribution is -2.06. The van der Waals surface area contributed by atoms with E-state index in [2.05, 4.69) is 0 Å². The lowest BCUT2D eigenvalue weighted by atomic mass is 9.93. The van der Waals surface area contributed by atoms with Crippen LogP contribution in [-0.2, 0) is 0 Å². The van der Waals surface area contributed by atoms with Crippen molar-refractivity contribution in [1.82, 2.24) is 0 Å².